The molecule has 0 amide bonds. The topological polar surface area (TPSA) is 289 Å². The zero-order valence-corrected chi connectivity index (χ0v) is 45.4. The Kier molecular flexibility index (Phi) is 11.2. The van der Waals surface area contributed by atoms with E-state index in [9.17, 15) is 66.4 Å². The molecular formula is C59H42ClO15U-. The molecule has 0 saturated heterocycles. The summed E-state index contributed by atoms with van der Waals surface area (Å²) in [5, 5.41) is 148. The molecule has 76 heavy (non-hydrogen) atoms. The maximum Gasteiger partial charge on any atom is 0.201 e. The van der Waals surface area contributed by atoms with Crippen molar-refractivity contribution in [3.63, 3.8) is 0 Å². The van der Waals surface area contributed by atoms with E-state index >= 15 is 0 Å². The van der Waals surface area contributed by atoms with E-state index in [1.54, 1.807) is 45.0 Å². The van der Waals surface area contributed by atoms with Gasteiger partial charge in [0, 0.05) is 126 Å². The molecule has 0 saturated carbocycles. The monoisotopic (exact) mass is 1260 g/mol. The summed E-state index contributed by atoms with van der Waals surface area (Å²) in [6.45, 7) is 10.4. The molecule has 1 aliphatic rings. The van der Waals surface area contributed by atoms with Gasteiger partial charge >= 0.3 is 0 Å². The van der Waals surface area contributed by atoms with Gasteiger partial charge in [0.15, 0.2) is 34.5 Å². The van der Waals surface area contributed by atoms with Gasteiger partial charge in [-0.2, -0.15) is 0 Å². The van der Waals surface area contributed by atoms with Crippen LogP contribution in [0.3, 0.4) is 0 Å². The predicted octanol–water partition coefficient (Wildman–Crippen LogP) is 13.3. The fraction of sp³-hybridized carbons (Fsp3) is 0.119. The van der Waals surface area contributed by atoms with Gasteiger partial charge in [0.25, 0.3) is 0 Å². The van der Waals surface area contributed by atoms with Crippen LogP contribution in [0.25, 0.3) is 111 Å². The summed E-state index contributed by atoms with van der Waals surface area (Å²) < 4.78 is 13.7. The van der Waals surface area contributed by atoms with Crippen molar-refractivity contribution in [2.45, 2.75) is 46.5 Å². The van der Waals surface area contributed by atoms with Gasteiger partial charge in [0.05, 0.1) is 22.3 Å². The van der Waals surface area contributed by atoms with E-state index in [0.717, 1.165) is 0 Å². The van der Waals surface area contributed by atoms with E-state index in [1.165, 1.54) is 25.1 Å². The van der Waals surface area contributed by atoms with E-state index in [4.69, 9.17) is 20.4 Å². The van der Waals surface area contributed by atoms with Crippen LogP contribution in [-0.2, 0) is 12.8 Å². The molecule has 380 valence electrons. The summed E-state index contributed by atoms with van der Waals surface area (Å²) in [5.41, 5.74) is 3.51. The Balaban J connectivity index is 0.00000616. The molecule has 12 rings (SSSR count). The molecule has 11 aromatic rings. The molecule has 13 N–H and O–H groups in total. The number of fused-ring (bicyclic) bond motifs is 8. The van der Waals surface area contributed by atoms with Gasteiger partial charge in [0.2, 0.25) is 11.5 Å². The molecule has 0 bridgehead atoms. The average molecular weight is 1260 g/mol. The first-order chi connectivity index (χ1) is 35.7. The summed E-state index contributed by atoms with van der Waals surface area (Å²) in [7, 11) is 0. The van der Waals surface area contributed by atoms with Gasteiger partial charge in [-0.3, -0.25) is 0 Å². The number of rotatable bonds is 6. The fourth-order valence-corrected chi connectivity index (χ4v) is 11.8. The number of halogens is 1. The molecule has 1 atom stereocenters. The van der Waals surface area contributed by atoms with Crippen LogP contribution in [0.2, 0.25) is 5.02 Å². The number of allylic oxidation sites excluding steroid dienone is 1. The molecule has 1 unspecified atom stereocenters. The third kappa shape index (κ3) is 6.47. The Morgan fingerprint density at radius 1 is 0.579 bits per heavy atom. The molecule has 17 heteroatoms. The third-order valence-electron chi connectivity index (χ3n) is 15.3. The van der Waals surface area contributed by atoms with Crippen LogP contribution < -0.4 is 0 Å². The number of phenols is 13. The first kappa shape index (κ1) is 49.8. The maximum absolute atomic E-state index is 11.9. The fourth-order valence-electron chi connectivity index (χ4n) is 11.4. The third-order valence-corrected chi connectivity index (χ3v) is 15.7. The molecule has 0 fully saturated rings. The van der Waals surface area contributed by atoms with Crippen LogP contribution in [0, 0.1) is 58.0 Å². The first-order valence-electron chi connectivity index (χ1n) is 23.5. The van der Waals surface area contributed by atoms with E-state index in [1.807, 2.05) is 18.2 Å². The van der Waals surface area contributed by atoms with Crippen molar-refractivity contribution in [1.82, 2.24) is 0 Å². The SMILES string of the molecule is C=Cc1c(O)c(O)c(O)c(-c2cc3c4oc5c(c4cc4c(-c6c(C)c(C)c(O)c(O)c6O)cc6c7oc8cc(-c9c(O)[c-]c(O)c(O)c9O)ccc8c7cc2c6c43)C=CC(c2c(O)c(C)c(O)c(O)c2CC)C5)c1Cl.[U]. The number of aromatic hydroxyl groups is 13. The quantitative estimate of drug-likeness (QED) is 0.0319. The molecule has 1 aliphatic carbocycles. The largest absolute Gasteiger partial charge is 0.559 e. The maximum atomic E-state index is 11.9. The number of benzene rings is 9. The zero-order valence-electron chi connectivity index (χ0n) is 40.5. The van der Waals surface area contributed by atoms with Gasteiger partial charge in [-0.15, -0.1) is 0 Å². The second-order valence-corrected chi connectivity index (χ2v) is 19.4. The minimum absolute atomic E-state index is 0. The van der Waals surface area contributed by atoms with Crippen LogP contribution in [0.1, 0.15) is 57.5 Å². The Morgan fingerprint density at radius 3 is 1.83 bits per heavy atom. The second kappa shape index (κ2) is 17.1. The minimum atomic E-state index is -0.910. The van der Waals surface area contributed by atoms with Gasteiger partial charge in [-0.25, -0.2) is 0 Å². The summed E-state index contributed by atoms with van der Waals surface area (Å²) in [6.07, 6.45) is 5.41. The second-order valence-electron chi connectivity index (χ2n) is 19.1. The van der Waals surface area contributed by atoms with Crippen molar-refractivity contribution < 1.29 is 106 Å². The normalized spacial score (nSPS) is 13.5. The number of hydrogen-bond acceptors (Lipinski definition) is 15. The Bertz CT molecular complexity index is 4460. The molecule has 0 aliphatic heterocycles. The van der Waals surface area contributed by atoms with Crippen molar-refractivity contribution >= 4 is 89.0 Å². The zero-order chi connectivity index (χ0) is 53.3. The number of hydrogen-bond donors (Lipinski definition) is 13. The van der Waals surface area contributed by atoms with E-state index in [0.29, 0.717) is 87.6 Å². The van der Waals surface area contributed by atoms with Crippen LogP contribution in [0.4, 0.5) is 0 Å². The van der Waals surface area contributed by atoms with Crippen LogP contribution in [0.15, 0.2) is 64.0 Å². The van der Waals surface area contributed by atoms with Gasteiger partial charge in [-0.05, 0) is 96.1 Å². The molecule has 2 heterocycles. The summed E-state index contributed by atoms with van der Waals surface area (Å²) in [4.78, 5) is 0. The molecule has 2 aromatic heterocycles. The standard InChI is InChI=1S/C59H42ClO15.U/c1-6-24-41(47(63)21(5)49(65)50(24)66)22-8-10-26-32-14-29-28(40-19(3)20(4)48(64)56(72)53(40)69)16-34-44-30(15-33-27-11-9-23(13-39(27)75-58(33)34)42-36(61)18-37(62)52(68)54(42)70)31(17-35(43(29)44)59(32)74-38(26)12-22)45-46(60)25(7-2)51(67)57(73)55(45)71;/h7-11,13-17,22,61-73H,2,6,12H2,1,3-5H3;/q-1;. The predicted molar refractivity (Wildman–Crippen MR) is 285 cm³/mol. The summed E-state index contributed by atoms with van der Waals surface area (Å²) in [6, 6.07) is 14.0. The van der Waals surface area contributed by atoms with Crippen LogP contribution in [-0.4, -0.2) is 66.4 Å². The molecule has 0 spiro atoms. The molecule has 9 aromatic carbocycles. The van der Waals surface area contributed by atoms with Crippen molar-refractivity contribution in [1.29, 1.82) is 0 Å². The van der Waals surface area contributed by atoms with Crippen molar-refractivity contribution in [3.05, 3.63) is 111 Å². The smallest absolute Gasteiger partial charge is 0.201 e. The Labute approximate surface area is 457 Å². The van der Waals surface area contributed by atoms with Crippen molar-refractivity contribution in [2.24, 2.45) is 0 Å². The van der Waals surface area contributed by atoms with Crippen molar-refractivity contribution in [3.8, 4) is 108 Å². The number of phenolic OH excluding ortho intramolecular Hbond substituents is 13. The molecular weight excluding hydrogens is 1220 g/mol. The molecule has 0 radical (unpaired) electrons. The van der Waals surface area contributed by atoms with Gasteiger partial charge in [-0.1, -0.05) is 67.1 Å². The van der Waals surface area contributed by atoms with Crippen LogP contribution in [0.5, 0.6) is 74.7 Å². The Hall–Kier alpha value is -8.42. The van der Waals surface area contributed by atoms with E-state index < -0.39 is 69.2 Å². The van der Waals surface area contributed by atoms with E-state index in [2.05, 4.69) is 12.6 Å². The first-order valence-corrected chi connectivity index (χ1v) is 23.9. The van der Waals surface area contributed by atoms with Crippen molar-refractivity contribution in [2.75, 3.05) is 0 Å². The Morgan fingerprint density at radius 2 is 1.17 bits per heavy atom. The van der Waals surface area contributed by atoms with Gasteiger partial charge in [0.1, 0.15) is 28.3 Å². The average Bonchev–Trinajstić information content (AvgIpc) is 4.14. The van der Waals surface area contributed by atoms with Crippen LogP contribution >= 0.6 is 11.6 Å². The van der Waals surface area contributed by atoms with Gasteiger partial charge < -0.3 is 75.2 Å². The summed E-state index contributed by atoms with van der Waals surface area (Å²) >= 11 is 7.13. The minimum Gasteiger partial charge on any atom is -0.559 e. The summed E-state index contributed by atoms with van der Waals surface area (Å²) in [5.74, 6) is -8.50. The van der Waals surface area contributed by atoms with E-state index in [-0.39, 0.29) is 116 Å². The number of furan rings is 2. The molecule has 15 nitrogen and oxygen atoms in total.